The monoisotopic (exact) mass is 362 g/mol. The molecule has 4 aromatic rings. The van der Waals surface area contributed by atoms with Gasteiger partial charge < -0.3 is 0 Å². The zero-order chi connectivity index (χ0) is 16.1. The lowest BCUT2D eigenvalue weighted by Crippen LogP contribution is -2.00. The summed E-state index contributed by atoms with van der Waals surface area (Å²) >= 11 is 18.8. The molecule has 0 N–H and O–H groups in total. The van der Waals surface area contributed by atoms with Crippen LogP contribution in [0.1, 0.15) is 5.69 Å². The molecule has 0 saturated carbocycles. The maximum Gasteiger partial charge on any atom is 0.167 e. The molecule has 1 aromatic carbocycles. The van der Waals surface area contributed by atoms with Crippen molar-refractivity contribution in [3.63, 3.8) is 0 Å². The average molecular weight is 364 g/mol. The van der Waals surface area contributed by atoms with Gasteiger partial charge in [0.25, 0.3) is 0 Å². The van der Waals surface area contributed by atoms with Crippen LogP contribution >= 0.6 is 34.8 Å². The van der Waals surface area contributed by atoms with Crippen molar-refractivity contribution in [2.45, 2.75) is 6.92 Å². The molecule has 0 aliphatic rings. The Kier molecular flexibility index (Phi) is 3.41. The van der Waals surface area contributed by atoms with E-state index in [2.05, 4.69) is 15.1 Å². The highest BCUT2D eigenvalue weighted by Crippen LogP contribution is 2.36. The van der Waals surface area contributed by atoms with Crippen LogP contribution in [0.15, 0.2) is 36.5 Å². The molecule has 23 heavy (non-hydrogen) atoms. The third kappa shape index (κ3) is 2.26. The molecule has 3 heterocycles. The maximum atomic E-state index is 6.59. The van der Waals surface area contributed by atoms with Crippen LogP contribution in [-0.4, -0.2) is 19.7 Å². The van der Waals surface area contributed by atoms with E-state index < -0.39 is 0 Å². The van der Waals surface area contributed by atoms with Crippen molar-refractivity contribution < 1.29 is 0 Å². The number of nitrogens with zero attached hydrogens (tertiary/aromatic N) is 4. The van der Waals surface area contributed by atoms with Gasteiger partial charge in [0.1, 0.15) is 0 Å². The van der Waals surface area contributed by atoms with Gasteiger partial charge in [-0.25, -0.2) is 9.97 Å². The normalized spacial score (nSPS) is 11.5. The second-order valence-corrected chi connectivity index (χ2v) is 6.29. The van der Waals surface area contributed by atoms with Gasteiger partial charge in [0, 0.05) is 11.6 Å². The van der Waals surface area contributed by atoms with Gasteiger partial charge in [0.15, 0.2) is 11.5 Å². The van der Waals surface area contributed by atoms with Crippen molar-refractivity contribution >= 4 is 56.7 Å². The summed E-state index contributed by atoms with van der Waals surface area (Å²) in [6.07, 6.45) is 1.71. The molecule has 0 unspecified atom stereocenters. The number of aromatic nitrogens is 4. The number of hydrogen-bond acceptors (Lipinski definition) is 3. The summed E-state index contributed by atoms with van der Waals surface area (Å²) in [7, 11) is 0. The first-order valence-corrected chi connectivity index (χ1v) is 7.94. The molecule has 0 aliphatic carbocycles. The second-order valence-electron chi connectivity index (χ2n) is 5.09. The molecule has 0 aliphatic heterocycles. The van der Waals surface area contributed by atoms with Crippen molar-refractivity contribution in [1.29, 1.82) is 0 Å². The van der Waals surface area contributed by atoms with Crippen molar-refractivity contribution in [3.05, 3.63) is 57.3 Å². The highest BCUT2D eigenvalue weighted by atomic mass is 35.5. The Morgan fingerprint density at radius 1 is 1.04 bits per heavy atom. The second kappa shape index (κ2) is 5.34. The van der Waals surface area contributed by atoms with Gasteiger partial charge in [0.2, 0.25) is 0 Å². The van der Waals surface area contributed by atoms with E-state index in [-0.39, 0.29) is 0 Å². The zero-order valence-electron chi connectivity index (χ0n) is 11.9. The van der Waals surface area contributed by atoms with E-state index in [0.717, 1.165) is 16.5 Å². The van der Waals surface area contributed by atoms with E-state index in [1.165, 1.54) is 0 Å². The molecule has 0 bridgehead atoms. The number of pyridine rings is 2. The van der Waals surface area contributed by atoms with Crippen molar-refractivity contribution in [1.82, 2.24) is 19.7 Å². The number of rotatable bonds is 1. The Labute approximate surface area is 146 Å². The summed E-state index contributed by atoms with van der Waals surface area (Å²) in [6.45, 7) is 1.89. The van der Waals surface area contributed by atoms with Crippen molar-refractivity contribution in [3.8, 4) is 5.82 Å². The fourth-order valence-electron chi connectivity index (χ4n) is 2.57. The van der Waals surface area contributed by atoms with Crippen LogP contribution in [-0.2, 0) is 0 Å². The van der Waals surface area contributed by atoms with E-state index >= 15 is 0 Å². The molecule has 3 aromatic heterocycles. The minimum absolute atomic E-state index is 0.433. The zero-order valence-corrected chi connectivity index (χ0v) is 14.2. The van der Waals surface area contributed by atoms with Gasteiger partial charge in [-0.05, 0) is 31.2 Å². The average Bonchev–Trinajstić information content (AvgIpc) is 2.87. The molecule has 0 atom stereocenters. The van der Waals surface area contributed by atoms with Crippen LogP contribution in [0.2, 0.25) is 15.1 Å². The Morgan fingerprint density at radius 3 is 2.57 bits per heavy atom. The topological polar surface area (TPSA) is 43.6 Å². The summed E-state index contributed by atoms with van der Waals surface area (Å²) in [5, 5.41) is 7.49. The fourth-order valence-corrected chi connectivity index (χ4v) is 3.26. The number of hydrogen-bond donors (Lipinski definition) is 0. The number of fused-ring (bicyclic) bond motifs is 2. The molecule has 0 radical (unpaired) electrons. The van der Waals surface area contributed by atoms with Gasteiger partial charge in [-0.3, -0.25) is 0 Å². The predicted molar refractivity (Wildman–Crippen MR) is 93.9 cm³/mol. The van der Waals surface area contributed by atoms with Crippen LogP contribution in [0.25, 0.3) is 27.8 Å². The van der Waals surface area contributed by atoms with Crippen LogP contribution in [0.5, 0.6) is 0 Å². The third-order valence-corrected chi connectivity index (χ3v) is 4.74. The standard InChI is InChI=1S/C16H9Cl3N4/c1-8-14-15(19)9-6-10(17)11(18)7-12(9)21-16(14)23(22-8)13-4-2-3-5-20-13/h2-7H,1H3. The molecule has 4 rings (SSSR count). The van der Waals surface area contributed by atoms with Crippen molar-refractivity contribution in [2.75, 3.05) is 0 Å². The smallest absolute Gasteiger partial charge is 0.167 e. The minimum Gasteiger partial charge on any atom is -0.237 e. The van der Waals surface area contributed by atoms with Gasteiger partial charge in [-0.15, -0.1) is 0 Å². The summed E-state index contributed by atoms with van der Waals surface area (Å²) in [4.78, 5) is 8.99. The van der Waals surface area contributed by atoms with Gasteiger partial charge in [-0.1, -0.05) is 40.9 Å². The number of halogens is 3. The summed E-state index contributed by atoms with van der Waals surface area (Å²) in [5.41, 5.74) is 2.07. The summed E-state index contributed by atoms with van der Waals surface area (Å²) < 4.78 is 1.68. The van der Waals surface area contributed by atoms with Crippen LogP contribution in [0.4, 0.5) is 0 Å². The molecule has 0 fully saturated rings. The SMILES string of the molecule is Cc1nn(-c2ccccn2)c2nc3cc(Cl)c(Cl)cc3c(Cl)c12. The molecule has 7 heteroatoms. The van der Waals surface area contributed by atoms with Crippen LogP contribution in [0, 0.1) is 6.92 Å². The van der Waals surface area contributed by atoms with Crippen LogP contribution in [0.3, 0.4) is 0 Å². The predicted octanol–water partition coefficient (Wildman–Crippen LogP) is 5.24. The highest BCUT2D eigenvalue weighted by Gasteiger charge is 2.18. The first kappa shape index (κ1) is 14.7. The maximum absolute atomic E-state index is 6.59. The first-order valence-electron chi connectivity index (χ1n) is 6.81. The van der Waals surface area contributed by atoms with E-state index in [1.807, 2.05) is 25.1 Å². The Bertz CT molecular complexity index is 1060. The third-order valence-electron chi connectivity index (χ3n) is 3.62. The summed E-state index contributed by atoms with van der Waals surface area (Å²) in [5.74, 6) is 0.675. The lowest BCUT2D eigenvalue weighted by atomic mass is 10.1. The first-order chi connectivity index (χ1) is 11.1. The molecule has 114 valence electrons. The minimum atomic E-state index is 0.433. The lowest BCUT2D eigenvalue weighted by Gasteiger charge is -2.06. The number of benzene rings is 1. The Morgan fingerprint density at radius 2 is 1.83 bits per heavy atom. The van der Waals surface area contributed by atoms with E-state index in [1.54, 1.807) is 23.0 Å². The molecule has 0 spiro atoms. The number of aryl methyl sites for hydroxylation is 1. The van der Waals surface area contributed by atoms with Crippen molar-refractivity contribution in [2.24, 2.45) is 0 Å². The highest BCUT2D eigenvalue weighted by molar-refractivity contribution is 6.44. The Hall–Kier alpha value is -1.88. The van der Waals surface area contributed by atoms with E-state index in [9.17, 15) is 0 Å². The Balaban J connectivity index is 2.15. The molecule has 0 saturated heterocycles. The molecule has 4 nitrogen and oxygen atoms in total. The molecular formula is C16H9Cl3N4. The summed E-state index contributed by atoms with van der Waals surface area (Å²) in [6, 6.07) is 9.03. The lowest BCUT2D eigenvalue weighted by molar-refractivity contribution is 0.849. The van der Waals surface area contributed by atoms with Gasteiger partial charge >= 0.3 is 0 Å². The van der Waals surface area contributed by atoms with Gasteiger partial charge in [0.05, 0.1) is 31.7 Å². The van der Waals surface area contributed by atoms with Crippen LogP contribution < -0.4 is 0 Å². The van der Waals surface area contributed by atoms with Gasteiger partial charge in [-0.2, -0.15) is 9.78 Å². The fraction of sp³-hybridized carbons (Fsp3) is 0.0625. The van der Waals surface area contributed by atoms with E-state index in [4.69, 9.17) is 34.8 Å². The quantitative estimate of drug-likeness (QED) is 0.464. The van der Waals surface area contributed by atoms with E-state index in [0.29, 0.717) is 32.0 Å². The molecular weight excluding hydrogens is 355 g/mol. The molecule has 0 amide bonds. The largest absolute Gasteiger partial charge is 0.237 e.